The average Bonchev–Trinajstić information content (AvgIpc) is 2.05. The van der Waals surface area contributed by atoms with Gasteiger partial charge in [0.25, 0.3) is 5.91 Å². The molecule has 0 aliphatic rings. The van der Waals surface area contributed by atoms with Crippen LogP contribution in [0.15, 0.2) is 12.7 Å². The zero-order valence-corrected chi connectivity index (χ0v) is 7.55. The second-order valence-electron chi connectivity index (χ2n) is 1.62. The maximum absolute atomic E-state index is 10.5. The lowest BCUT2D eigenvalue weighted by Crippen LogP contribution is -2.29. The van der Waals surface area contributed by atoms with Crippen molar-refractivity contribution in [3.63, 3.8) is 0 Å². The predicted octanol–water partition coefficient (Wildman–Crippen LogP) is 1.20. The van der Waals surface area contributed by atoms with Crippen molar-refractivity contribution in [1.82, 2.24) is 4.90 Å². The number of nitrogens with zero attached hydrogens (tertiary/aromatic N) is 1. The molecule has 0 unspecified atom stereocenters. The summed E-state index contributed by atoms with van der Waals surface area (Å²) >= 11 is 0. The molecule has 0 spiro atoms. The molecule has 0 atom stereocenters. The van der Waals surface area contributed by atoms with Crippen LogP contribution in [-0.4, -0.2) is 23.8 Å². The van der Waals surface area contributed by atoms with E-state index in [2.05, 4.69) is 6.58 Å². The molecule has 0 N–H and O–H groups in total. The summed E-state index contributed by atoms with van der Waals surface area (Å²) in [6.45, 7) is 8.54. The first-order chi connectivity index (χ1) is 5.09. The minimum Gasteiger partial charge on any atom is -0.282 e. The van der Waals surface area contributed by atoms with E-state index in [-0.39, 0.29) is 11.8 Å². The molecular formula is C8H15NO2. The second kappa shape index (κ2) is 6.99. The zero-order chi connectivity index (χ0) is 9.44. The zero-order valence-electron chi connectivity index (χ0n) is 7.55. The van der Waals surface area contributed by atoms with Crippen LogP contribution in [0.3, 0.4) is 0 Å². The van der Waals surface area contributed by atoms with Gasteiger partial charge in [0.1, 0.15) is 0 Å². The highest BCUT2D eigenvalue weighted by atomic mass is 16.2. The molecule has 0 rings (SSSR count). The standard InChI is InChI=1S/C6H9NO2.C2H6/c1-4-6(9)7(3)5(2)8;1-2/h4H,1H2,2-3H3;1-2H3. The lowest BCUT2D eigenvalue weighted by molar-refractivity contribution is -0.138. The number of carbonyl (C=O) groups excluding carboxylic acids is 2. The van der Waals surface area contributed by atoms with Crippen molar-refractivity contribution in [1.29, 1.82) is 0 Å². The highest BCUT2D eigenvalue weighted by molar-refractivity contribution is 5.99. The van der Waals surface area contributed by atoms with Crippen LogP contribution in [0.2, 0.25) is 0 Å². The van der Waals surface area contributed by atoms with E-state index in [4.69, 9.17) is 0 Å². The monoisotopic (exact) mass is 157 g/mol. The number of likely N-dealkylation sites (N-methyl/N-ethyl adjacent to an activating group) is 1. The van der Waals surface area contributed by atoms with Gasteiger partial charge in [-0.1, -0.05) is 20.4 Å². The molecule has 3 nitrogen and oxygen atoms in total. The van der Waals surface area contributed by atoms with Gasteiger partial charge in [-0.3, -0.25) is 14.5 Å². The lowest BCUT2D eigenvalue weighted by atomic mass is 10.5. The molecular weight excluding hydrogens is 142 g/mol. The summed E-state index contributed by atoms with van der Waals surface area (Å²) in [7, 11) is 1.41. The summed E-state index contributed by atoms with van der Waals surface area (Å²) in [6.07, 6.45) is 1.10. The van der Waals surface area contributed by atoms with Gasteiger partial charge in [-0.15, -0.1) is 0 Å². The summed E-state index contributed by atoms with van der Waals surface area (Å²) in [6, 6.07) is 0. The average molecular weight is 157 g/mol. The number of hydrogen-bond donors (Lipinski definition) is 0. The highest BCUT2D eigenvalue weighted by Crippen LogP contribution is 1.84. The molecule has 64 valence electrons. The van der Waals surface area contributed by atoms with Gasteiger partial charge in [0.15, 0.2) is 0 Å². The minimum absolute atomic E-state index is 0.278. The quantitative estimate of drug-likeness (QED) is 0.536. The van der Waals surface area contributed by atoms with Crippen molar-refractivity contribution in [2.45, 2.75) is 20.8 Å². The Balaban J connectivity index is 0. The molecule has 0 heterocycles. The normalized spacial score (nSPS) is 7.27. The molecule has 0 aromatic carbocycles. The van der Waals surface area contributed by atoms with Crippen molar-refractivity contribution in [3.05, 3.63) is 12.7 Å². The molecule has 0 bridgehead atoms. The van der Waals surface area contributed by atoms with Crippen LogP contribution in [0.25, 0.3) is 0 Å². The first-order valence-electron chi connectivity index (χ1n) is 3.50. The van der Waals surface area contributed by atoms with Crippen molar-refractivity contribution < 1.29 is 9.59 Å². The Morgan fingerprint density at radius 3 is 1.82 bits per heavy atom. The summed E-state index contributed by atoms with van der Waals surface area (Å²) in [5, 5.41) is 0. The third kappa shape index (κ3) is 5.33. The maximum Gasteiger partial charge on any atom is 0.252 e. The molecule has 0 aromatic rings. The Bertz CT molecular complexity index is 152. The van der Waals surface area contributed by atoms with E-state index in [1.807, 2.05) is 13.8 Å². The van der Waals surface area contributed by atoms with Crippen LogP contribution in [0, 0.1) is 0 Å². The Kier molecular flexibility index (Phi) is 7.98. The molecule has 0 saturated carbocycles. The fourth-order valence-electron chi connectivity index (χ4n) is 0.292. The second-order valence-corrected chi connectivity index (χ2v) is 1.62. The Morgan fingerprint density at radius 2 is 1.73 bits per heavy atom. The molecule has 11 heavy (non-hydrogen) atoms. The largest absolute Gasteiger partial charge is 0.282 e. The van der Waals surface area contributed by atoms with Crippen LogP contribution in [0.4, 0.5) is 0 Å². The molecule has 0 radical (unpaired) electrons. The van der Waals surface area contributed by atoms with Crippen molar-refractivity contribution in [2.24, 2.45) is 0 Å². The van der Waals surface area contributed by atoms with Crippen LogP contribution >= 0.6 is 0 Å². The van der Waals surface area contributed by atoms with Crippen molar-refractivity contribution in [2.75, 3.05) is 7.05 Å². The number of amides is 2. The van der Waals surface area contributed by atoms with Crippen molar-refractivity contribution in [3.8, 4) is 0 Å². The van der Waals surface area contributed by atoms with Crippen LogP contribution in [0.1, 0.15) is 20.8 Å². The van der Waals surface area contributed by atoms with Gasteiger partial charge in [-0.2, -0.15) is 0 Å². The molecule has 0 aliphatic carbocycles. The van der Waals surface area contributed by atoms with E-state index < -0.39 is 0 Å². The van der Waals surface area contributed by atoms with Crippen LogP contribution < -0.4 is 0 Å². The van der Waals surface area contributed by atoms with E-state index in [1.54, 1.807) is 0 Å². The van der Waals surface area contributed by atoms with Gasteiger partial charge in [-0.25, -0.2) is 0 Å². The van der Waals surface area contributed by atoms with Gasteiger partial charge in [0.2, 0.25) is 5.91 Å². The molecule has 0 saturated heterocycles. The van der Waals surface area contributed by atoms with E-state index in [0.717, 1.165) is 11.0 Å². The lowest BCUT2D eigenvalue weighted by Gasteiger charge is -2.07. The topological polar surface area (TPSA) is 37.4 Å². The van der Waals surface area contributed by atoms with Gasteiger partial charge < -0.3 is 0 Å². The van der Waals surface area contributed by atoms with Crippen molar-refractivity contribution >= 4 is 11.8 Å². The predicted molar refractivity (Wildman–Crippen MR) is 45.0 cm³/mol. The highest BCUT2D eigenvalue weighted by Gasteiger charge is 2.06. The van der Waals surface area contributed by atoms with Gasteiger partial charge in [-0.05, 0) is 6.08 Å². The summed E-state index contributed by atoms with van der Waals surface area (Å²) < 4.78 is 0. The maximum atomic E-state index is 10.5. The van der Waals surface area contributed by atoms with E-state index in [9.17, 15) is 9.59 Å². The van der Waals surface area contributed by atoms with Gasteiger partial charge >= 0.3 is 0 Å². The summed E-state index contributed by atoms with van der Waals surface area (Å²) in [5.74, 6) is -0.651. The third-order valence-electron chi connectivity index (χ3n) is 0.978. The Labute approximate surface area is 67.7 Å². The SMILES string of the molecule is C=CC(=O)N(C)C(C)=O.CC. The van der Waals surface area contributed by atoms with E-state index in [1.165, 1.54) is 14.0 Å². The number of rotatable bonds is 1. The van der Waals surface area contributed by atoms with E-state index >= 15 is 0 Å². The Morgan fingerprint density at radius 1 is 1.36 bits per heavy atom. The Hall–Kier alpha value is -1.12. The fourth-order valence-corrected chi connectivity index (χ4v) is 0.292. The van der Waals surface area contributed by atoms with Crippen LogP contribution in [0.5, 0.6) is 0 Å². The summed E-state index contributed by atoms with van der Waals surface area (Å²) in [4.78, 5) is 21.9. The third-order valence-corrected chi connectivity index (χ3v) is 0.978. The van der Waals surface area contributed by atoms with E-state index in [0.29, 0.717) is 0 Å². The van der Waals surface area contributed by atoms with Gasteiger partial charge in [0, 0.05) is 14.0 Å². The fraction of sp³-hybridized carbons (Fsp3) is 0.500. The first kappa shape index (κ1) is 12.5. The minimum atomic E-state index is -0.373. The van der Waals surface area contributed by atoms with Gasteiger partial charge in [0.05, 0.1) is 0 Å². The number of hydrogen-bond acceptors (Lipinski definition) is 2. The molecule has 0 aromatic heterocycles. The molecule has 3 heteroatoms. The number of imide groups is 1. The first-order valence-corrected chi connectivity index (χ1v) is 3.50. The molecule has 0 aliphatic heterocycles. The summed E-state index contributed by atoms with van der Waals surface area (Å²) in [5.41, 5.74) is 0. The molecule has 0 fully saturated rings. The molecule has 2 amide bonds. The number of carbonyl (C=O) groups is 2. The van der Waals surface area contributed by atoms with Crippen LogP contribution in [-0.2, 0) is 9.59 Å². The smallest absolute Gasteiger partial charge is 0.252 e.